The van der Waals surface area contributed by atoms with E-state index in [1.165, 1.54) is 39.7 Å². The first-order chi connectivity index (χ1) is 22.7. The summed E-state index contributed by atoms with van der Waals surface area (Å²) in [5.41, 5.74) is 5.38. The van der Waals surface area contributed by atoms with Gasteiger partial charge in [-0.15, -0.1) is 0 Å². The van der Waals surface area contributed by atoms with Crippen molar-refractivity contribution in [2.24, 2.45) is 5.10 Å². The van der Waals surface area contributed by atoms with Crippen molar-refractivity contribution in [2.45, 2.75) is 0 Å². The molecule has 47 heavy (non-hydrogen) atoms. The van der Waals surface area contributed by atoms with Gasteiger partial charge in [0.05, 0.1) is 62.7 Å². The number of esters is 1. The zero-order valence-corrected chi connectivity index (χ0v) is 29.1. The number of nitrogens with zero attached hydrogens (tertiary/aromatic N) is 1. The standard InChI is InChI=1S/C34H29Br2N3O8/c1-42-23-11-12-24(43-2)29-28(23)27(18-9-7-6-8-10-18)30(38-29)33(40)39-37-17-20-13-21(35)16-22(36)31(20)47-34(41)19-14-25(44-3)32(46-5)26(15-19)45-4/h6-17,38H,1-5H3,(H,39,40). The molecule has 0 unspecified atom stereocenters. The molecule has 0 bridgehead atoms. The summed E-state index contributed by atoms with van der Waals surface area (Å²) in [6.07, 6.45) is 1.37. The number of hydrogen-bond donors (Lipinski definition) is 2. The molecule has 11 nitrogen and oxygen atoms in total. The lowest BCUT2D eigenvalue weighted by Crippen LogP contribution is -2.19. The molecule has 1 amide bonds. The SMILES string of the molecule is COc1cc(C(=O)Oc2c(Br)cc(Br)cc2C=NNC(=O)c2[nH]c3c(OC)ccc(OC)c3c2-c2ccccc2)cc(OC)c1OC. The number of fused-ring (bicyclic) bond motifs is 1. The predicted molar refractivity (Wildman–Crippen MR) is 185 cm³/mol. The number of aromatic nitrogens is 1. The third-order valence-electron chi connectivity index (χ3n) is 7.11. The summed E-state index contributed by atoms with van der Waals surface area (Å²) in [5.74, 6) is 0.969. The maximum Gasteiger partial charge on any atom is 0.343 e. The largest absolute Gasteiger partial charge is 0.496 e. The van der Waals surface area contributed by atoms with Crippen LogP contribution in [0.15, 0.2) is 80.8 Å². The maximum absolute atomic E-state index is 13.7. The molecule has 0 saturated carbocycles. The quantitative estimate of drug-likeness (QED) is 0.0617. The first-order valence-corrected chi connectivity index (χ1v) is 15.5. The second kappa shape index (κ2) is 14.6. The van der Waals surface area contributed by atoms with Crippen LogP contribution in [0.2, 0.25) is 0 Å². The Morgan fingerprint density at radius 1 is 0.766 bits per heavy atom. The van der Waals surface area contributed by atoms with Gasteiger partial charge < -0.3 is 33.4 Å². The van der Waals surface area contributed by atoms with Crippen molar-refractivity contribution in [3.63, 3.8) is 0 Å². The number of carbonyl (C=O) groups excluding carboxylic acids is 2. The van der Waals surface area contributed by atoms with E-state index in [2.05, 4.69) is 47.4 Å². The molecule has 0 atom stereocenters. The van der Waals surface area contributed by atoms with Gasteiger partial charge in [0.15, 0.2) is 17.2 Å². The van der Waals surface area contributed by atoms with Crippen LogP contribution in [0.4, 0.5) is 0 Å². The number of aromatic amines is 1. The molecule has 0 fully saturated rings. The number of nitrogens with one attached hydrogen (secondary N) is 2. The monoisotopic (exact) mass is 765 g/mol. The number of halogens is 2. The zero-order valence-electron chi connectivity index (χ0n) is 25.9. The number of methoxy groups -OCH3 is 5. The Bertz CT molecular complexity index is 1970. The summed E-state index contributed by atoms with van der Waals surface area (Å²) in [6.45, 7) is 0. The van der Waals surface area contributed by atoms with E-state index in [1.807, 2.05) is 30.3 Å². The van der Waals surface area contributed by atoms with Crippen molar-refractivity contribution in [3.05, 3.63) is 92.5 Å². The van der Waals surface area contributed by atoms with Gasteiger partial charge in [0.2, 0.25) is 5.75 Å². The minimum atomic E-state index is -0.695. The van der Waals surface area contributed by atoms with Crippen molar-refractivity contribution in [1.82, 2.24) is 10.4 Å². The first-order valence-electron chi connectivity index (χ1n) is 13.9. The molecule has 0 aliphatic carbocycles. The minimum Gasteiger partial charge on any atom is -0.496 e. The van der Waals surface area contributed by atoms with Crippen molar-refractivity contribution >= 4 is 60.9 Å². The molecular formula is C34H29Br2N3O8. The van der Waals surface area contributed by atoms with E-state index in [9.17, 15) is 9.59 Å². The van der Waals surface area contributed by atoms with Crippen LogP contribution in [0.5, 0.6) is 34.5 Å². The molecule has 1 heterocycles. The molecule has 0 spiro atoms. The Hall–Kier alpha value is -5.01. The van der Waals surface area contributed by atoms with Crippen LogP contribution in [0.1, 0.15) is 26.4 Å². The smallest absolute Gasteiger partial charge is 0.343 e. The van der Waals surface area contributed by atoms with Crippen LogP contribution in [-0.2, 0) is 0 Å². The fraction of sp³-hybridized carbons (Fsp3) is 0.147. The Kier molecular flexibility index (Phi) is 10.4. The van der Waals surface area contributed by atoms with Gasteiger partial charge in [-0.1, -0.05) is 46.3 Å². The van der Waals surface area contributed by atoms with Crippen LogP contribution in [0.25, 0.3) is 22.0 Å². The van der Waals surface area contributed by atoms with Gasteiger partial charge >= 0.3 is 5.97 Å². The fourth-order valence-corrected chi connectivity index (χ4v) is 6.34. The molecule has 0 radical (unpaired) electrons. The third kappa shape index (κ3) is 6.76. The van der Waals surface area contributed by atoms with E-state index in [-0.39, 0.29) is 17.0 Å². The summed E-state index contributed by atoms with van der Waals surface area (Å²) in [6, 6.07) is 19.4. The summed E-state index contributed by atoms with van der Waals surface area (Å²) in [7, 11) is 7.49. The lowest BCUT2D eigenvalue weighted by Gasteiger charge is -2.15. The van der Waals surface area contributed by atoms with Crippen LogP contribution in [-0.4, -0.2) is 58.6 Å². The van der Waals surface area contributed by atoms with Gasteiger partial charge in [0.25, 0.3) is 5.91 Å². The van der Waals surface area contributed by atoms with Crippen LogP contribution in [0.3, 0.4) is 0 Å². The van der Waals surface area contributed by atoms with Crippen LogP contribution < -0.4 is 33.8 Å². The molecule has 0 aliphatic rings. The summed E-state index contributed by atoms with van der Waals surface area (Å²) < 4.78 is 34.2. The highest BCUT2D eigenvalue weighted by Crippen LogP contribution is 2.42. The highest BCUT2D eigenvalue weighted by Gasteiger charge is 2.24. The first kappa shape index (κ1) is 33.4. The number of H-pyrrole nitrogens is 1. The van der Waals surface area contributed by atoms with E-state index >= 15 is 0 Å². The maximum atomic E-state index is 13.7. The second-order valence-corrected chi connectivity index (χ2v) is 11.5. The molecule has 1 aromatic heterocycles. The van der Waals surface area contributed by atoms with Gasteiger partial charge in [-0.25, -0.2) is 10.2 Å². The molecule has 5 rings (SSSR count). The minimum absolute atomic E-state index is 0.156. The number of benzene rings is 4. The lowest BCUT2D eigenvalue weighted by molar-refractivity contribution is 0.0732. The molecule has 13 heteroatoms. The lowest BCUT2D eigenvalue weighted by atomic mass is 10.0. The number of rotatable bonds is 11. The van der Waals surface area contributed by atoms with Crippen molar-refractivity contribution in [1.29, 1.82) is 0 Å². The molecule has 0 saturated heterocycles. The topological polar surface area (TPSA) is 130 Å². The molecule has 2 N–H and O–H groups in total. The van der Waals surface area contributed by atoms with Gasteiger partial charge in [0, 0.05) is 15.6 Å². The van der Waals surface area contributed by atoms with E-state index in [0.717, 1.165) is 5.56 Å². The Morgan fingerprint density at radius 3 is 2.02 bits per heavy atom. The van der Waals surface area contributed by atoms with Crippen molar-refractivity contribution in [3.8, 4) is 45.6 Å². The number of hydrogen-bond acceptors (Lipinski definition) is 9. The van der Waals surface area contributed by atoms with E-state index < -0.39 is 11.9 Å². The Labute approximate surface area is 287 Å². The number of hydrazone groups is 1. The molecule has 5 aromatic rings. The highest BCUT2D eigenvalue weighted by atomic mass is 79.9. The van der Waals surface area contributed by atoms with Gasteiger partial charge in [0.1, 0.15) is 17.2 Å². The molecular weight excluding hydrogens is 738 g/mol. The summed E-state index contributed by atoms with van der Waals surface area (Å²) >= 11 is 6.92. The summed E-state index contributed by atoms with van der Waals surface area (Å²) in [4.78, 5) is 30.2. The van der Waals surface area contributed by atoms with E-state index in [0.29, 0.717) is 59.7 Å². The second-order valence-electron chi connectivity index (χ2n) is 9.77. The molecule has 4 aromatic carbocycles. The number of carbonyl (C=O) groups is 2. The summed E-state index contributed by atoms with van der Waals surface area (Å²) in [5, 5.41) is 4.90. The number of amides is 1. The fourth-order valence-electron chi connectivity index (χ4n) is 5.00. The van der Waals surface area contributed by atoms with Crippen LogP contribution in [0, 0.1) is 0 Å². The van der Waals surface area contributed by atoms with E-state index in [1.54, 1.807) is 38.5 Å². The normalized spacial score (nSPS) is 11.0. The highest BCUT2D eigenvalue weighted by molar-refractivity contribution is 9.11. The van der Waals surface area contributed by atoms with Gasteiger partial charge in [-0.2, -0.15) is 5.10 Å². The Balaban J connectivity index is 1.48. The van der Waals surface area contributed by atoms with Crippen molar-refractivity contribution < 1.29 is 38.0 Å². The average Bonchev–Trinajstić information content (AvgIpc) is 3.50. The predicted octanol–water partition coefficient (Wildman–Crippen LogP) is 7.39. The molecule has 242 valence electrons. The number of ether oxygens (including phenoxy) is 6. The van der Waals surface area contributed by atoms with Gasteiger partial charge in [-0.05, 0) is 57.9 Å². The average molecular weight is 767 g/mol. The Morgan fingerprint density at radius 2 is 1.40 bits per heavy atom. The van der Waals surface area contributed by atoms with Gasteiger partial charge in [-0.3, -0.25) is 4.79 Å². The van der Waals surface area contributed by atoms with Crippen LogP contribution >= 0.6 is 31.9 Å². The third-order valence-corrected chi connectivity index (χ3v) is 8.16. The zero-order chi connectivity index (χ0) is 33.7. The van der Waals surface area contributed by atoms with E-state index in [4.69, 9.17) is 28.4 Å². The van der Waals surface area contributed by atoms with Crippen molar-refractivity contribution in [2.75, 3.05) is 35.5 Å². The molecule has 0 aliphatic heterocycles.